The predicted molar refractivity (Wildman–Crippen MR) is 58.9 cm³/mol. The molecule has 0 aromatic carbocycles. The lowest BCUT2D eigenvalue weighted by Gasteiger charge is -2.27. The van der Waals surface area contributed by atoms with Crippen molar-refractivity contribution in [2.75, 3.05) is 39.9 Å². The minimum Gasteiger partial charge on any atom is -0.383 e. The minimum absolute atomic E-state index is 0.149. The third-order valence-electron chi connectivity index (χ3n) is 2.39. The van der Waals surface area contributed by atoms with Gasteiger partial charge in [0.1, 0.15) is 0 Å². The molecule has 1 saturated heterocycles. The van der Waals surface area contributed by atoms with Crippen molar-refractivity contribution in [1.82, 2.24) is 15.5 Å². The summed E-state index contributed by atoms with van der Waals surface area (Å²) in [6.07, 6.45) is 0. The molecule has 1 aliphatic rings. The molecule has 2 amide bonds. The minimum atomic E-state index is -0.550. The fourth-order valence-electron chi connectivity index (χ4n) is 1.59. The standard InChI is InChI=1S/C10H19N3O3/c1-8(7-16-2)12-9(14)10(15)13-5-3-11-4-6-13/h8,11H,3-7H2,1-2H3,(H,12,14). The highest BCUT2D eigenvalue weighted by Crippen LogP contribution is 1.94. The number of carbonyl (C=O) groups is 2. The van der Waals surface area contributed by atoms with Gasteiger partial charge in [-0.15, -0.1) is 0 Å². The van der Waals surface area contributed by atoms with E-state index in [1.54, 1.807) is 18.9 Å². The first kappa shape index (κ1) is 12.9. The maximum atomic E-state index is 11.7. The van der Waals surface area contributed by atoms with Crippen molar-refractivity contribution in [2.45, 2.75) is 13.0 Å². The van der Waals surface area contributed by atoms with E-state index in [0.717, 1.165) is 13.1 Å². The van der Waals surface area contributed by atoms with E-state index < -0.39 is 11.8 Å². The van der Waals surface area contributed by atoms with Gasteiger partial charge >= 0.3 is 11.8 Å². The Morgan fingerprint density at radius 1 is 1.44 bits per heavy atom. The summed E-state index contributed by atoms with van der Waals surface area (Å²) in [4.78, 5) is 24.8. The molecule has 1 rings (SSSR count). The molecule has 1 heterocycles. The Morgan fingerprint density at radius 3 is 2.62 bits per heavy atom. The summed E-state index contributed by atoms with van der Waals surface area (Å²) >= 11 is 0. The molecule has 16 heavy (non-hydrogen) atoms. The van der Waals surface area contributed by atoms with E-state index >= 15 is 0 Å². The maximum absolute atomic E-state index is 11.7. The third-order valence-corrected chi connectivity index (χ3v) is 2.39. The molecule has 0 aromatic rings. The summed E-state index contributed by atoms with van der Waals surface area (Å²) in [7, 11) is 1.56. The largest absolute Gasteiger partial charge is 0.383 e. The number of piperazine rings is 1. The van der Waals surface area contributed by atoms with Crippen LogP contribution in [0.15, 0.2) is 0 Å². The van der Waals surface area contributed by atoms with Crippen molar-refractivity contribution >= 4 is 11.8 Å². The molecule has 0 aromatic heterocycles. The van der Waals surface area contributed by atoms with Gasteiger partial charge in [0.2, 0.25) is 0 Å². The van der Waals surface area contributed by atoms with Crippen molar-refractivity contribution < 1.29 is 14.3 Å². The van der Waals surface area contributed by atoms with Gasteiger partial charge in [-0.3, -0.25) is 9.59 Å². The van der Waals surface area contributed by atoms with E-state index in [0.29, 0.717) is 19.7 Å². The molecular formula is C10H19N3O3. The predicted octanol–water partition coefficient (Wildman–Crippen LogP) is -1.43. The fraction of sp³-hybridized carbons (Fsp3) is 0.800. The Balaban J connectivity index is 2.37. The summed E-state index contributed by atoms with van der Waals surface area (Å²) in [6, 6.07) is -0.149. The number of nitrogens with one attached hydrogen (secondary N) is 2. The first-order valence-corrected chi connectivity index (χ1v) is 5.44. The molecule has 1 unspecified atom stereocenters. The van der Waals surface area contributed by atoms with E-state index in [2.05, 4.69) is 10.6 Å². The van der Waals surface area contributed by atoms with Gasteiger partial charge in [-0.25, -0.2) is 0 Å². The summed E-state index contributed by atoms with van der Waals surface area (Å²) in [5.41, 5.74) is 0. The van der Waals surface area contributed by atoms with Crippen LogP contribution in [-0.4, -0.2) is 62.7 Å². The van der Waals surface area contributed by atoms with Gasteiger partial charge in [-0.05, 0) is 6.92 Å². The summed E-state index contributed by atoms with van der Waals surface area (Å²) < 4.78 is 4.88. The van der Waals surface area contributed by atoms with Crippen LogP contribution in [0.5, 0.6) is 0 Å². The lowest BCUT2D eigenvalue weighted by atomic mass is 10.3. The van der Waals surface area contributed by atoms with Crippen LogP contribution in [0.3, 0.4) is 0 Å². The molecule has 2 N–H and O–H groups in total. The van der Waals surface area contributed by atoms with Crippen LogP contribution in [0.2, 0.25) is 0 Å². The van der Waals surface area contributed by atoms with Crippen molar-refractivity contribution in [3.8, 4) is 0 Å². The summed E-state index contributed by atoms with van der Waals surface area (Å²) in [5.74, 6) is -1.00. The molecule has 6 heteroatoms. The van der Waals surface area contributed by atoms with E-state index in [-0.39, 0.29) is 6.04 Å². The van der Waals surface area contributed by atoms with Gasteiger partial charge in [-0.2, -0.15) is 0 Å². The lowest BCUT2D eigenvalue weighted by Crippen LogP contribution is -2.52. The highest BCUT2D eigenvalue weighted by atomic mass is 16.5. The number of hydrogen-bond donors (Lipinski definition) is 2. The SMILES string of the molecule is COCC(C)NC(=O)C(=O)N1CCNCC1. The first-order valence-electron chi connectivity index (χ1n) is 5.44. The fourth-order valence-corrected chi connectivity index (χ4v) is 1.59. The Hall–Kier alpha value is -1.14. The zero-order chi connectivity index (χ0) is 12.0. The first-order chi connectivity index (χ1) is 7.65. The lowest BCUT2D eigenvalue weighted by molar-refractivity contribution is -0.146. The van der Waals surface area contributed by atoms with Crippen molar-refractivity contribution in [3.63, 3.8) is 0 Å². The molecule has 0 radical (unpaired) electrons. The molecule has 1 fully saturated rings. The molecule has 0 spiro atoms. The van der Waals surface area contributed by atoms with E-state index in [4.69, 9.17) is 4.74 Å². The second-order valence-electron chi connectivity index (χ2n) is 3.87. The van der Waals surface area contributed by atoms with Gasteiger partial charge in [0.05, 0.1) is 6.61 Å². The van der Waals surface area contributed by atoms with Gasteiger partial charge in [0, 0.05) is 39.3 Å². The number of ether oxygens (including phenoxy) is 1. The van der Waals surface area contributed by atoms with Crippen LogP contribution in [0.4, 0.5) is 0 Å². The molecular weight excluding hydrogens is 210 g/mol. The van der Waals surface area contributed by atoms with Crippen LogP contribution in [0.1, 0.15) is 6.92 Å². The number of amides is 2. The highest BCUT2D eigenvalue weighted by molar-refractivity contribution is 6.35. The molecule has 0 aliphatic carbocycles. The molecule has 92 valence electrons. The number of methoxy groups -OCH3 is 1. The van der Waals surface area contributed by atoms with Gasteiger partial charge < -0.3 is 20.3 Å². The second-order valence-corrected chi connectivity index (χ2v) is 3.87. The number of nitrogens with zero attached hydrogens (tertiary/aromatic N) is 1. The molecule has 0 saturated carbocycles. The van der Waals surface area contributed by atoms with Crippen LogP contribution >= 0.6 is 0 Å². The van der Waals surface area contributed by atoms with E-state index in [1.807, 2.05) is 0 Å². The third kappa shape index (κ3) is 3.79. The normalized spacial score (nSPS) is 18.0. The monoisotopic (exact) mass is 229 g/mol. The maximum Gasteiger partial charge on any atom is 0.311 e. The van der Waals surface area contributed by atoms with Crippen molar-refractivity contribution in [3.05, 3.63) is 0 Å². The van der Waals surface area contributed by atoms with E-state index in [1.165, 1.54) is 0 Å². The number of rotatable bonds is 3. The molecule has 0 bridgehead atoms. The Kier molecular flexibility index (Phi) is 5.21. The van der Waals surface area contributed by atoms with Crippen LogP contribution in [0, 0.1) is 0 Å². The average molecular weight is 229 g/mol. The van der Waals surface area contributed by atoms with Crippen LogP contribution in [-0.2, 0) is 14.3 Å². The molecule has 1 aliphatic heterocycles. The summed E-state index contributed by atoms with van der Waals surface area (Å²) in [6.45, 7) is 4.86. The summed E-state index contributed by atoms with van der Waals surface area (Å²) in [5, 5.41) is 5.73. The van der Waals surface area contributed by atoms with Crippen LogP contribution < -0.4 is 10.6 Å². The van der Waals surface area contributed by atoms with E-state index in [9.17, 15) is 9.59 Å². The van der Waals surface area contributed by atoms with Crippen molar-refractivity contribution in [2.24, 2.45) is 0 Å². The smallest absolute Gasteiger partial charge is 0.311 e. The zero-order valence-electron chi connectivity index (χ0n) is 9.78. The van der Waals surface area contributed by atoms with Crippen LogP contribution in [0.25, 0.3) is 0 Å². The number of carbonyl (C=O) groups excluding carboxylic acids is 2. The average Bonchev–Trinajstić information content (AvgIpc) is 2.29. The topological polar surface area (TPSA) is 70.7 Å². The van der Waals surface area contributed by atoms with Crippen molar-refractivity contribution in [1.29, 1.82) is 0 Å². The zero-order valence-corrected chi connectivity index (χ0v) is 9.78. The Bertz CT molecular complexity index is 252. The molecule has 6 nitrogen and oxygen atoms in total. The highest BCUT2D eigenvalue weighted by Gasteiger charge is 2.23. The number of hydrogen-bond acceptors (Lipinski definition) is 4. The molecule has 1 atom stereocenters. The quantitative estimate of drug-likeness (QED) is 0.582. The second kappa shape index (κ2) is 6.44. The Labute approximate surface area is 95.3 Å². The van der Waals surface area contributed by atoms with Gasteiger partial charge in [0.15, 0.2) is 0 Å². The van der Waals surface area contributed by atoms with Gasteiger partial charge in [-0.1, -0.05) is 0 Å². The van der Waals surface area contributed by atoms with Gasteiger partial charge in [0.25, 0.3) is 0 Å². The Morgan fingerprint density at radius 2 is 2.06 bits per heavy atom.